The van der Waals surface area contributed by atoms with Crippen LogP contribution in [0.4, 0.5) is 0 Å². The molecule has 1 aromatic rings. The van der Waals surface area contributed by atoms with Crippen molar-refractivity contribution < 1.29 is 5.11 Å². The first-order chi connectivity index (χ1) is 6.27. The number of aryl methyl sites for hydroxylation is 1. The van der Waals surface area contributed by atoms with Crippen molar-refractivity contribution in [2.24, 2.45) is 0 Å². The molecule has 1 N–H and O–H groups in total. The average Bonchev–Trinajstić information content (AvgIpc) is 2.56. The molecule has 1 saturated heterocycles. The summed E-state index contributed by atoms with van der Waals surface area (Å²) in [5, 5.41) is 9.27. The van der Waals surface area contributed by atoms with E-state index < -0.39 is 0 Å². The van der Waals surface area contributed by atoms with Crippen LogP contribution in [-0.4, -0.2) is 16.6 Å². The van der Waals surface area contributed by atoms with Crippen LogP contribution in [0.3, 0.4) is 0 Å². The van der Waals surface area contributed by atoms with E-state index in [0.717, 1.165) is 0 Å². The molecule has 3 heteroatoms. The molecule has 0 bridgehead atoms. The van der Waals surface area contributed by atoms with Gasteiger partial charge in [0.25, 0.3) is 0 Å². The summed E-state index contributed by atoms with van der Waals surface area (Å²) in [6.07, 6.45) is 0. The lowest BCUT2D eigenvalue weighted by atomic mass is 10.1. The van der Waals surface area contributed by atoms with Crippen molar-refractivity contribution in [3.8, 4) is 5.75 Å². The van der Waals surface area contributed by atoms with Gasteiger partial charge in [0, 0.05) is 11.5 Å². The third-order valence-corrected chi connectivity index (χ3v) is 5.20. The monoisotopic (exact) mass is 212 g/mol. The Hall–Kier alpha value is -0.280. The lowest BCUT2D eigenvalue weighted by molar-refractivity contribution is 0.474. The minimum atomic E-state index is 0.370. The van der Waals surface area contributed by atoms with Gasteiger partial charge < -0.3 is 5.11 Å². The van der Waals surface area contributed by atoms with E-state index in [-0.39, 0.29) is 0 Å². The topological polar surface area (TPSA) is 20.2 Å². The molecule has 0 unspecified atom stereocenters. The second-order valence-electron chi connectivity index (χ2n) is 3.11. The number of rotatable bonds is 1. The molecule has 2 rings (SSSR count). The molecular weight excluding hydrogens is 200 g/mol. The van der Waals surface area contributed by atoms with Crippen LogP contribution in [-0.2, 0) is 0 Å². The number of phenols is 1. The van der Waals surface area contributed by atoms with Crippen LogP contribution in [0.5, 0.6) is 5.75 Å². The first kappa shape index (κ1) is 9.28. The highest BCUT2D eigenvalue weighted by atomic mass is 32.2. The second-order valence-corrected chi connectivity index (χ2v) is 5.84. The second kappa shape index (κ2) is 3.84. The van der Waals surface area contributed by atoms with Gasteiger partial charge in [0.15, 0.2) is 0 Å². The number of aromatic hydroxyl groups is 1. The summed E-state index contributed by atoms with van der Waals surface area (Å²) in [6.45, 7) is 2.06. The summed E-state index contributed by atoms with van der Waals surface area (Å²) in [5.74, 6) is 2.86. The Bertz CT molecular complexity index is 306. The summed E-state index contributed by atoms with van der Waals surface area (Å²) >= 11 is 3.99. The van der Waals surface area contributed by atoms with E-state index in [4.69, 9.17) is 0 Å². The Labute approximate surface area is 86.9 Å². The fourth-order valence-electron chi connectivity index (χ4n) is 1.46. The highest BCUT2D eigenvalue weighted by Crippen LogP contribution is 2.46. The van der Waals surface area contributed by atoms with Crippen LogP contribution >= 0.6 is 23.5 Å². The maximum absolute atomic E-state index is 9.27. The van der Waals surface area contributed by atoms with Crippen LogP contribution in [0.25, 0.3) is 0 Å². The van der Waals surface area contributed by atoms with Gasteiger partial charge in [-0.3, -0.25) is 0 Å². The summed E-state index contributed by atoms with van der Waals surface area (Å²) < 4.78 is 0.584. The van der Waals surface area contributed by atoms with Crippen LogP contribution in [0, 0.1) is 6.92 Å². The van der Waals surface area contributed by atoms with Crippen LogP contribution < -0.4 is 0 Å². The number of hydrogen-bond donors (Lipinski definition) is 1. The molecule has 1 aliphatic heterocycles. The molecule has 1 aromatic carbocycles. The lowest BCUT2D eigenvalue weighted by Crippen LogP contribution is -1.88. The highest BCUT2D eigenvalue weighted by Gasteiger charge is 2.19. The predicted octanol–water partition coefficient (Wildman–Crippen LogP) is 3.18. The first-order valence-corrected chi connectivity index (χ1v) is 6.40. The number of benzene rings is 1. The van der Waals surface area contributed by atoms with Crippen molar-refractivity contribution in [3.63, 3.8) is 0 Å². The molecule has 13 heavy (non-hydrogen) atoms. The number of thioether (sulfide) groups is 2. The summed E-state index contributed by atoms with van der Waals surface area (Å²) in [5.41, 5.74) is 2.57. The van der Waals surface area contributed by atoms with Gasteiger partial charge in [-0.25, -0.2) is 0 Å². The molecule has 70 valence electrons. The molecule has 1 fully saturated rings. The SMILES string of the molecule is Cc1cc(O)ccc1C1SCCS1. The standard InChI is InChI=1S/C10H12OS2/c1-7-6-8(11)2-3-9(7)10-12-4-5-13-10/h2-3,6,10-11H,4-5H2,1H3. The molecule has 0 aromatic heterocycles. The van der Waals surface area contributed by atoms with E-state index in [9.17, 15) is 5.11 Å². The third kappa shape index (κ3) is 1.97. The Morgan fingerprint density at radius 3 is 2.62 bits per heavy atom. The largest absolute Gasteiger partial charge is 0.508 e. The predicted molar refractivity (Wildman–Crippen MR) is 60.5 cm³/mol. The van der Waals surface area contributed by atoms with Crippen molar-refractivity contribution in [3.05, 3.63) is 29.3 Å². The molecule has 0 aliphatic carbocycles. The number of hydrogen-bond acceptors (Lipinski definition) is 3. The van der Waals surface area contributed by atoms with E-state index in [2.05, 4.69) is 6.92 Å². The smallest absolute Gasteiger partial charge is 0.115 e. The van der Waals surface area contributed by atoms with E-state index in [1.807, 2.05) is 35.7 Å². The Morgan fingerprint density at radius 1 is 1.31 bits per heavy atom. The van der Waals surface area contributed by atoms with E-state index >= 15 is 0 Å². The highest BCUT2D eigenvalue weighted by molar-refractivity contribution is 8.19. The van der Waals surface area contributed by atoms with E-state index in [1.54, 1.807) is 6.07 Å². The molecule has 0 atom stereocenters. The molecule has 0 saturated carbocycles. The van der Waals surface area contributed by atoms with Crippen LogP contribution in [0.2, 0.25) is 0 Å². The zero-order valence-corrected chi connectivity index (χ0v) is 9.12. The van der Waals surface area contributed by atoms with E-state index in [0.29, 0.717) is 10.3 Å². The molecule has 0 radical (unpaired) electrons. The van der Waals surface area contributed by atoms with Crippen molar-refractivity contribution in [2.45, 2.75) is 11.5 Å². The first-order valence-electron chi connectivity index (χ1n) is 4.30. The zero-order valence-electron chi connectivity index (χ0n) is 7.49. The average molecular weight is 212 g/mol. The summed E-state index contributed by atoms with van der Waals surface area (Å²) in [7, 11) is 0. The Morgan fingerprint density at radius 2 is 2.00 bits per heavy atom. The maximum Gasteiger partial charge on any atom is 0.115 e. The minimum absolute atomic E-state index is 0.370. The summed E-state index contributed by atoms with van der Waals surface area (Å²) in [4.78, 5) is 0. The van der Waals surface area contributed by atoms with Gasteiger partial charge in [-0.2, -0.15) is 0 Å². The van der Waals surface area contributed by atoms with Crippen molar-refractivity contribution >= 4 is 23.5 Å². The molecular formula is C10H12OS2. The molecule has 0 amide bonds. The van der Waals surface area contributed by atoms with Gasteiger partial charge in [0.1, 0.15) is 5.75 Å². The van der Waals surface area contributed by atoms with E-state index in [1.165, 1.54) is 22.6 Å². The van der Waals surface area contributed by atoms with Gasteiger partial charge in [-0.15, -0.1) is 23.5 Å². The van der Waals surface area contributed by atoms with Crippen LogP contribution in [0.15, 0.2) is 18.2 Å². The molecule has 0 spiro atoms. The summed E-state index contributed by atoms with van der Waals surface area (Å²) in [6, 6.07) is 5.66. The quantitative estimate of drug-likeness (QED) is 0.772. The van der Waals surface area contributed by atoms with Crippen molar-refractivity contribution in [1.82, 2.24) is 0 Å². The van der Waals surface area contributed by atoms with Crippen LogP contribution in [0.1, 0.15) is 15.7 Å². The van der Waals surface area contributed by atoms with Gasteiger partial charge in [-0.05, 0) is 30.2 Å². The Balaban J connectivity index is 2.29. The Kier molecular flexibility index (Phi) is 2.74. The maximum atomic E-state index is 9.27. The van der Waals surface area contributed by atoms with Crippen molar-refractivity contribution in [2.75, 3.05) is 11.5 Å². The van der Waals surface area contributed by atoms with Crippen molar-refractivity contribution in [1.29, 1.82) is 0 Å². The fourth-order valence-corrected chi connectivity index (χ4v) is 4.51. The number of phenolic OH excluding ortho intramolecular Hbond substituents is 1. The van der Waals surface area contributed by atoms with Gasteiger partial charge in [0.05, 0.1) is 4.58 Å². The molecule has 1 aliphatic rings. The lowest BCUT2D eigenvalue weighted by Gasteiger charge is -2.11. The van der Waals surface area contributed by atoms with Gasteiger partial charge in [-0.1, -0.05) is 6.07 Å². The third-order valence-electron chi connectivity index (χ3n) is 2.13. The minimum Gasteiger partial charge on any atom is -0.508 e. The fraction of sp³-hybridized carbons (Fsp3) is 0.400. The zero-order chi connectivity index (χ0) is 9.26. The molecule has 1 nitrogen and oxygen atoms in total. The molecule has 1 heterocycles. The normalized spacial score (nSPS) is 17.9. The van der Waals surface area contributed by atoms with Gasteiger partial charge >= 0.3 is 0 Å². The van der Waals surface area contributed by atoms with Gasteiger partial charge in [0.2, 0.25) is 0 Å².